The normalized spacial score (nSPS) is 12.3. The van der Waals surface area contributed by atoms with E-state index in [0.717, 1.165) is 50.7 Å². The molecule has 0 N–H and O–H groups in total. The van der Waals surface area contributed by atoms with Gasteiger partial charge in [0.15, 0.2) is 0 Å². The Bertz CT molecular complexity index is 297. The summed E-state index contributed by atoms with van der Waals surface area (Å²) in [6, 6.07) is 0. The predicted molar refractivity (Wildman–Crippen MR) is 79.3 cm³/mol. The van der Waals surface area contributed by atoms with Gasteiger partial charge in [0.1, 0.15) is 0 Å². The topological polar surface area (TPSA) is 52.6 Å². The third-order valence-electron chi connectivity index (χ3n) is 2.89. The van der Waals surface area contributed by atoms with Gasteiger partial charge in [0, 0.05) is 12.2 Å². The van der Waals surface area contributed by atoms with E-state index in [1.165, 1.54) is 0 Å². The molecule has 0 aromatic rings. The molecule has 0 radical (unpaired) electrons. The molecular weight excluding hydrogens is 256 g/mol. The van der Waals surface area contributed by atoms with Gasteiger partial charge in [-0.25, -0.2) is 9.59 Å². The van der Waals surface area contributed by atoms with Crippen LogP contribution < -0.4 is 0 Å². The van der Waals surface area contributed by atoms with Crippen molar-refractivity contribution in [2.45, 2.75) is 59.3 Å². The molecule has 0 rings (SSSR count). The second-order valence-corrected chi connectivity index (χ2v) is 5.09. The fourth-order valence-electron chi connectivity index (χ4n) is 1.73. The van der Waals surface area contributed by atoms with Gasteiger partial charge in [0.05, 0.1) is 13.2 Å². The zero-order valence-electron chi connectivity index (χ0n) is 13.0. The smallest absolute Gasteiger partial charge is 0.331 e. The van der Waals surface area contributed by atoms with Crippen LogP contribution in [0.4, 0.5) is 0 Å². The number of esters is 2. The van der Waals surface area contributed by atoms with Gasteiger partial charge in [0.25, 0.3) is 0 Å². The van der Waals surface area contributed by atoms with E-state index in [2.05, 4.69) is 13.8 Å². The average Bonchev–Trinajstić information content (AvgIpc) is 2.43. The lowest BCUT2D eigenvalue weighted by atomic mass is 10.1. The molecule has 0 fully saturated rings. The molecule has 4 heteroatoms. The Morgan fingerprint density at radius 3 is 2.20 bits per heavy atom. The molecule has 1 atom stereocenters. The van der Waals surface area contributed by atoms with Crippen LogP contribution >= 0.6 is 0 Å². The summed E-state index contributed by atoms with van der Waals surface area (Å²) in [7, 11) is 0. The van der Waals surface area contributed by atoms with Crippen molar-refractivity contribution in [1.29, 1.82) is 0 Å². The number of hydrogen-bond acceptors (Lipinski definition) is 4. The number of hydrogen-bond donors (Lipinski definition) is 0. The Balaban J connectivity index is 3.69. The molecule has 0 aromatic heterocycles. The summed E-state index contributed by atoms with van der Waals surface area (Å²) in [5.74, 6) is -0.626. The third-order valence-corrected chi connectivity index (χ3v) is 2.89. The summed E-state index contributed by atoms with van der Waals surface area (Å²) in [4.78, 5) is 22.7. The first-order valence-electron chi connectivity index (χ1n) is 7.61. The molecule has 0 aliphatic rings. The van der Waals surface area contributed by atoms with Crippen molar-refractivity contribution in [3.05, 3.63) is 12.2 Å². The molecule has 0 aliphatic heterocycles. The first kappa shape index (κ1) is 18.7. The Morgan fingerprint density at radius 1 is 0.950 bits per heavy atom. The number of unbranched alkanes of at least 4 members (excludes halogenated alkanes) is 3. The monoisotopic (exact) mass is 284 g/mol. The molecule has 0 aromatic carbocycles. The van der Waals surface area contributed by atoms with Gasteiger partial charge >= 0.3 is 11.9 Å². The van der Waals surface area contributed by atoms with Crippen LogP contribution in [0.5, 0.6) is 0 Å². The number of carbonyl (C=O) groups excluding carboxylic acids is 2. The molecule has 0 spiro atoms. The second kappa shape index (κ2) is 12.7. The summed E-state index contributed by atoms with van der Waals surface area (Å²) in [6.45, 7) is 7.05. The molecule has 20 heavy (non-hydrogen) atoms. The van der Waals surface area contributed by atoms with Gasteiger partial charge in [-0.2, -0.15) is 0 Å². The Morgan fingerprint density at radius 2 is 1.60 bits per heavy atom. The average molecular weight is 284 g/mol. The van der Waals surface area contributed by atoms with E-state index in [1.54, 1.807) is 0 Å². The molecule has 0 saturated heterocycles. The SMILES string of the molecule is CCCCCCOC(=O)/C=C/C(=O)OCC(C)CCC. The first-order chi connectivity index (χ1) is 9.60. The molecule has 4 nitrogen and oxygen atoms in total. The zero-order chi connectivity index (χ0) is 15.2. The minimum absolute atomic E-state index is 0.350. The number of carbonyl (C=O) groups is 2. The summed E-state index contributed by atoms with van der Waals surface area (Å²) < 4.78 is 10.0. The summed E-state index contributed by atoms with van der Waals surface area (Å²) in [6.07, 6.45) is 8.58. The van der Waals surface area contributed by atoms with Crippen LogP contribution in [0.3, 0.4) is 0 Å². The summed E-state index contributed by atoms with van der Waals surface area (Å²) in [5, 5.41) is 0. The van der Waals surface area contributed by atoms with Crippen molar-refractivity contribution < 1.29 is 19.1 Å². The van der Waals surface area contributed by atoms with Crippen LogP contribution in [0, 0.1) is 5.92 Å². The lowest BCUT2D eigenvalue weighted by Crippen LogP contribution is -2.10. The van der Waals surface area contributed by atoms with Crippen LogP contribution in [-0.2, 0) is 19.1 Å². The number of ether oxygens (including phenoxy) is 2. The van der Waals surface area contributed by atoms with E-state index in [0.29, 0.717) is 19.1 Å². The van der Waals surface area contributed by atoms with Gasteiger partial charge in [-0.1, -0.05) is 46.5 Å². The van der Waals surface area contributed by atoms with Crippen molar-refractivity contribution in [1.82, 2.24) is 0 Å². The van der Waals surface area contributed by atoms with Crippen molar-refractivity contribution in [2.75, 3.05) is 13.2 Å². The van der Waals surface area contributed by atoms with Gasteiger partial charge in [-0.3, -0.25) is 0 Å². The Labute approximate surface area is 122 Å². The van der Waals surface area contributed by atoms with Crippen LogP contribution in [-0.4, -0.2) is 25.2 Å². The highest BCUT2D eigenvalue weighted by molar-refractivity contribution is 5.91. The van der Waals surface area contributed by atoms with Crippen molar-refractivity contribution in [2.24, 2.45) is 5.92 Å². The van der Waals surface area contributed by atoms with E-state index in [4.69, 9.17) is 9.47 Å². The van der Waals surface area contributed by atoms with E-state index in [-0.39, 0.29) is 0 Å². The van der Waals surface area contributed by atoms with E-state index in [9.17, 15) is 9.59 Å². The van der Waals surface area contributed by atoms with Crippen molar-refractivity contribution in [3.63, 3.8) is 0 Å². The van der Waals surface area contributed by atoms with Crippen molar-refractivity contribution in [3.8, 4) is 0 Å². The highest BCUT2D eigenvalue weighted by atomic mass is 16.5. The molecule has 0 aliphatic carbocycles. The standard InChI is InChI=1S/C16H28O4/c1-4-6-7-8-12-19-15(17)10-11-16(18)20-13-14(3)9-5-2/h10-11,14H,4-9,12-13H2,1-3H3/b11-10+. The maximum Gasteiger partial charge on any atom is 0.331 e. The lowest BCUT2D eigenvalue weighted by molar-refractivity contribution is -0.141. The van der Waals surface area contributed by atoms with Gasteiger partial charge in [-0.15, -0.1) is 0 Å². The van der Waals surface area contributed by atoms with Gasteiger partial charge in [0.2, 0.25) is 0 Å². The van der Waals surface area contributed by atoms with Crippen LogP contribution in [0.25, 0.3) is 0 Å². The first-order valence-corrected chi connectivity index (χ1v) is 7.61. The Hall–Kier alpha value is -1.32. The molecule has 0 saturated carbocycles. The Kier molecular flexibility index (Phi) is 11.9. The quantitative estimate of drug-likeness (QED) is 0.330. The maximum atomic E-state index is 11.4. The van der Waals surface area contributed by atoms with Crippen molar-refractivity contribution >= 4 is 11.9 Å². The van der Waals surface area contributed by atoms with E-state index >= 15 is 0 Å². The maximum absolute atomic E-state index is 11.4. The predicted octanol–water partition coefficient (Wildman–Crippen LogP) is 3.65. The zero-order valence-corrected chi connectivity index (χ0v) is 13.0. The highest BCUT2D eigenvalue weighted by Gasteiger charge is 2.05. The minimum Gasteiger partial charge on any atom is -0.463 e. The minimum atomic E-state index is -0.490. The fraction of sp³-hybridized carbons (Fsp3) is 0.750. The highest BCUT2D eigenvalue weighted by Crippen LogP contribution is 2.05. The van der Waals surface area contributed by atoms with E-state index in [1.807, 2.05) is 6.92 Å². The molecule has 0 bridgehead atoms. The van der Waals surface area contributed by atoms with Crippen LogP contribution in [0.15, 0.2) is 12.2 Å². The van der Waals surface area contributed by atoms with Crippen LogP contribution in [0.2, 0.25) is 0 Å². The van der Waals surface area contributed by atoms with Gasteiger partial charge < -0.3 is 9.47 Å². The second-order valence-electron chi connectivity index (χ2n) is 5.09. The lowest BCUT2D eigenvalue weighted by Gasteiger charge is -2.09. The molecule has 1 unspecified atom stereocenters. The molecule has 0 amide bonds. The molecule has 0 heterocycles. The third kappa shape index (κ3) is 11.8. The van der Waals surface area contributed by atoms with Gasteiger partial charge in [-0.05, 0) is 18.8 Å². The summed E-state index contributed by atoms with van der Waals surface area (Å²) >= 11 is 0. The molecule has 116 valence electrons. The van der Waals surface area contributed by atoms with E-state index < -0.39 is 11.9 Å². The summed E-state index contributed by atoms with van der Waals surface area (Å²) in [5.41, 5.74) is 0. The molecular formula is C16H28O4. The number of rotatable bonds is 11. The fourth-order valence-corrected chi connectivity index (χ4v) is 1.73. The largest absolute Gasteiger partial charge is 0.463 e. The van der Waals surface area contributed by atoms with Crippen LogP contribution in [0.1, 0.15) is 59.3 Å².